The molecule has 84 heavy (non-hydrogen) atoms. The second kappa shape index (κ2) is 74.1. The zero-order valence-corrected chi connectivity index (χ0v) is 57.4. The fourth-order valence-corrected chi connectivity index (χ4v) is 12.6. The molecule has 0 aromatic rings. The molecule has 0 rings (SSSR count). The summed E-state index contributed by atoms with van der Waals surface area (Å²) >= 11 is 0. The molecule has 6 nitrogen and oxygen atoms in total. The highest BCUT2D eigenvalue weighted by atomic mass is 16.5. The molecule has 0 bridgehead atoms. The van der Waals surface area contributed by atoms with E-state index in [9.17, 15) is 19.8 Å². The number of aliphatic hydroxyl groups is 2. The van der Waals surface area contributed by atoms with E-state index in [2.05, 4.69) is 31.3 Å². The second-order valence-corrected chi connectivity index (χ2v) is 27.0. The van der Waals surface area contributed by atoms with Crippen LogP contribution in [0, 0.1) is 0 Å². The fraction of sp³-hybridized carbons (Fsp3) is 0.949. The number of hydrogen-bond donors (Lipinski definition) is 3. The van der Waals surface area contributed by atoms with Crippen LogP contribution < -0.4 is 5.32 Å². The Morgan fingerprint density at radius 3 is 0.845 bits per heavy atom. The number of nitrogens with one attached hydrogen (secondary N) is 1. The van der Waals surface area contributed by atoms with Gasteiger partial charge in [0.2, 0.25) is 5.91 Å². The Morgan fingerprint density at radius 2 is 0.560 bits per heavy atom. The minimum absolute atomic E-state index is 0.0195. The topological polar surface area (TPSA) is 95.9 Å². The first-order valence-corrected chi connectivity index (χ1v) is 38.9. The van der Waals surface area contributed by atoms with Crippen molar-refractivity contribution in [2.24, 2.45) is 0 Å². The predicted octanol–water partition coefficient (Wildman–Crippen LogP) is 25.5. The summed E-state index contributed by atoms with van der Waals surface area (Å²) in [6, 6.07) is -0.540. The zero-order chi connectivity index (χ0) is 60.6. The summed E-state index contributed by atoms with van der Waals surface area (Å²) < 4.78 is 5.48. The van der Waals surface area contributed by atoms with Crippen molar-refractivity contribution >= 4 is 11.9 Å². The predicted molar refractivity (Wildman–Crippen MR) is 370 cm³/mol. The van der Waals surface area contributed by atoms with E-state index in [1.54, 1.807) is 0 Å². The smallest absolute Gasteiger partial charge is 0.305 e. The first-order valence-electron chi connectivity index (χ1n) is 38.9. The van der Waals surface area contributed by atoms with Crippen LogP contribution in [0.2, 0.25) is 0 Å². The third-order valence-electron chi connectivity index (χ3n) is 18.6. The standard InChI is InChI=1S/C78H153NO5/c1-3-5-7-9-11-13-15-16-17-18-19-20-32-35-38-41-44-47-51-54-58-62-66-70-76(81)75(74-80)79-77(82)71-67-63-59-55-52-48-45-42-39-36-33-30-28-26-24-22-21-23-25-27-29-31-34-37-40-43-46-49-53-57-61-65-69-73-84-78(83)72-68-64-60-56-50-14-12-10-8-6-4-2/h25,27,75-76,80-81H,3-24,26,28-74H2,1-2H3,(H,79,82)/b27-25-. The molecule has 0 fully saturated rings. The van der Waals surface area contributed by atoms with Gasteiger partial charge in [0.25, 0.3) is 0 Å². The Hall–Kier alpha value is -1.40. The lowest BCUT2D eigenvalue weighted by molar-refractivity contribution is -0.143. The van der Waals surface area contributed by atoms with E-state index >= 15 is 0 Å². The molecule has 0 aliphatic rings. The number of allylic oxidation sites excluding steroid dienone is 2. The summed E-state index contributed by atoms with van der Waals surface area (Å²) in [6.45, 7) is 5.00. The number of rotatable bonds is 74. The van der Waals surface area contributed by atoms with Gasteiger partial charge in [0.1, 0.15) is 0 Å². The Balaban J connectivity index is 3.35. The quantitative estimate of drug-likeness (QED) is 0.0320. The van der Waals surface area contributed by atoms with Crippen LogP contribution in [0.5, 0.6) is 0 Å². The molecule has 2 unspecified atom stereocenters. The molecule has 0 radical (unpaired) electrons. The van der Waals surface area contributed by atoms with Gasteiger partial charge in [-0.25, -0.2) is 0 Å². The number of carbonyl (C=O) groups is 2. The van der Waals surface area contributed by atoms with Gasteiger partial charge < -0.3 is 20.3 Å². The van der Waals surface area contributed by atoms with E-state index in [4.69, 9.17) is 4.74 Å². The molecule has 2 atom stereocenters. The highest BCUT2D eigenvalue weighted by Crippen LogP contribution is 2.20. The number of carbonyl (C=O) groups excluding carboxylic acids is 2. The summed E-state index contributed by atoms with van der Waals surface area (Å²) in [4.78, 5) is 24.6. The fourth-order valence-electron chi connectivity index (χ4n) is 12.6. The van der Waals surface area contributed by atoms with Crippen LogP contribution in [-0.2, 0) is 14.3 Å². The second-order valence-electron chi connectivity index (χ2n) is 27.0. The highest BCUT2D eigenvalue weighted by Gasteiger charge is 2.20. The Bertz CT molecular complexity index is 1270. The molecule has 3 N–H and O–H groups in total. The first kappa shape index (κ1) is 82.6. The lowest BCUT2D eigenvalue weighted by Crippen LogP contribution is -2.45. The van der Waals surface area contributed by atoms with Crippen LogP contribution in [0.15, 0.2) is 12.2 Å². The number of amides is 1. The van der Waals surface area contributed by atoms with E-state index in [-0.39, 0.29) is 18.5 Å². The molecule has 0 heterocycles. The van der Waals surface area contributed by atoms with Gasteiger partial charge in [-0.3, -0.25) is 9.59 Å². The van der Waals surface area contributed by atoms with Crippen molar-refractivity contribution in [2.45, 2.75) is 463 Å². The van der Waals surface area contributed by atoms with Crippen molar-refractivity contribution < 1.29 is 24.5 Å². The normalized spacial score (nSPS) is 12.5. The van der Waals surface area contributed by atoms with E-state index in [0.29, 0.717) is 25.9 Å². The maximum Gasteiger partial charge on any atom is 0.305 e. The lowest BCUT2D eigenvalue weighted by atomic mass is 10.0. The molecule has 0 aliphatic carbocycles. The maximum atomic E-state index is 12.6. The van der Waals surface area contributed by atoms with E-state index in [1.807, 2.05) is 0 Å². The summed E-state index contributed by atoms with van der Waals surface area (Å²) in [5.41, 5.74) is 0. The van der Waals surface area contributed by atoms with E-state index < -0.39 is 12.1 Å². The Labute approximate surface area is 527 Å². The van der Waals surface area contributed by atoms with Crippen molar-refractivity contribution in [1.29, 1.82) is 0 Å². The van der Waals surface area contributed by atoms with Crippen LogP contribution >= 0.6 is 0 Å². The molecular formula is C78H153NO5. The van der Waals surface area contributed by atoms with Crippen LogP contribution in [0.4, 0.5) is 0 Å². The molecule has 1 amide bonds. The molecule has 0 saturated heterocycles. The summed E-state index contributed by atoms with van der Waals surface area (Å²) in [5, 5.41) is 23.5. The number of unbranched alkanes of at least 4 members (excludes halogenated alkanes) is 61. The number of esters is 1. The van der Waals surface area contributed by atoms with Crippen molar-refractivity contribution in [3.05, 3.63) is 12.2 Å². The lowest BCUT2D eigenvalue weighted by Gasteiger charge is -2.22. The summed E-state index contributed by atoms with van der Waals surface area (Å²) in [7, 11) is 0. The minimum Gasteiger partial charge on any atom is -0.466 e. The van der Waals surface area contributed by atoms with Crippen molar-refractivity contribution in [3.8, 4) is 0 Å². The van der Waals surface area contributed by atoms with Gasteiger partial charge in [0.15, 0.2) is 0 Å². The number of ether oxygens (including phenoxy) is 1. The van der Waals surface area contributed by atoms with Crippen molar-refractivity contribution in [1.82, 2.24) is 5.32 Å². The van der Waals surface area contributed by atoms with Crippen molar-refractivity contribution in [2.75, 3.05) is 13.2 Å². The molecular weight excluding hydrogens is 1030 g/mol. The summed E-state index contributed by atoms with van der Waals surface area (Å²) in [5.74, 6) is -0.00644. The van der Waals surface area contributed by atoms with Crippen LogP contribution in [0.3, 0.4) is 0 Å². The third-order valence-corrected chi connectivity index (χ3v) is 18.6. The van der Waals surface area contributed by atoms with Gasteiger partial charge in [0, 0.05) is 12.8 Å². The van der Waals surface area contributed by atoms with Crippen molar-refractivity contribution in [3.63, 3.8) is 0 Å². The van der Waals surface area contributed by atoms with Gasteiger partial charge >= 0.3 is 5.97 Å². The third kappa shape index (κ3) is 69.7. The Morgan fingerprint density at radius 1 is 0.321 bits per heavy atom. The molecule has 500 valence electrons. The van der Waals surface area contributed by atoms with Gasteiger partial charge in [-0.1, -0.05) is 398 Å². The average molecular weight is 1190 g/mol. The molecule has 6 heteroatoms. The van der Waals surface area contributed by atoms with Crippen LogP contribution in [0.1, 0.15) is 450 Å². The maximum absolute atomic E-state index is 12.6. The van der Waals surface area contributed by atoms with E-state index in [0.717, 1.165) is 38.5 Å². The van der Waals surface area contributed by atoms with E-state index in [1.165, 1.54) is 379 Å². The van der Waals surface area contributed by atoms with Gasteiger partial charge in [-0.15, -0.1) is 0 Å². The highest BCUT2D eigenvalue weighted by molar-refractivity contribution is 5.76. The molecule has 0 spiro atoms. The SMILES string of the molecule is CCCCCCCCCCCCCCCCCCCCCCCCCC(O)C(CO)NC(=O)CCCCCCCCCCCCCCCCCCC/C=C\CCCCCCCCCCCCCCOC(=O)CCCCCCCCCCCCC. The van der Waals surface area contributed by atoms with Crippen LogP contribution in [0.25, 0.3) is 0 Å². The van der Waals surface area contributed by atoms with Gasteiger partial charge in [0.05, 0.1) is 25.4 Å². The monoisotopic (exact) mass is 1180 g/mol. The molecule has 0 aromatic heterocycles. The average Bonchev–Trinajstić information content (AvgIpc) is 3.50. The Kier molecular flexibility index (Phi) is 72.8. The van der Waals surface area contributed by atoms with Gasteiger partial charge in [-0.05, 0) is 51.4 Å². The molecule has 0 saturated carbocycles. The number of aliphatic hydroxyl groups excluding tert-OH is 2. The first-order chi connectivity index (χ1) is 41.5. The van der Waals surface area contributed by atoms with Crippen LogP contribution in [-0.4, -0.2) is 47.4 Å². The molecule has 0 aliphatic heterocycles. The zero-order valence-electron chi connectivity index (χ0n) is 57.4. The summed E-state index contributed by atoms with van der Waals surface area (Å²) in [6.07, 6.45) is 93.0. The minimum atomic E-state index is -0.663. The van der Waals surface area contributed by atoms with Gasteiger partial charge in [-0.2, -0.15) is 0 Å². The largest absolute Gasteiger partial charge is 0.466 e. The number of hydrogen-bond acceptors (Lipinski definition) is 5. The molecule has 0 aromatic carbocycles.